The number of hydrogen-bond donors (Lipinski definition) is 4. The van der Waals surface area contributed by atoms with E-state index in [1.807, 2.05) is 12.1 Å². The van der Waals surface area contributed by atoms with Crippen LogP contribution in [0.25, 0.3) is 5.82 Å². The second-order valence-corrected chi connectivity index (χ2v) is 11.2. The van der Waals surface area contributed by atoms with Crippen LogP contribution >= 0.6 is 0 Å². The fourth-order valence-corrected chi connectivity index (χ4v) is 4.89. The Kier molecular flexibility index (Phi) is 8.43. The molecule has 1 aliphatic rings. The summed E-state index contributed by atoms with van der Waals surface area (Å²) in [6.07, 6.45) is 2.57. The molecule has 13 heteroatoms. The zero-order chi connectivity index (χ0) is 31.4. The summed E-state index contributed by atoms with van der Waals surface area (Å²) >= 11 is 0. The average Bonchev–Trinajstić information content (AvgIpc) is 3.38. The molecule has 1 amide bonds. The maximum atomic E-state index is 13.1. The van der Waals surface area contributed by atoms with E-state index in [0.29, 0.717) is 40.6 Å². The first-order chi connectivity index (χ1) is 21.1. The Morgan fingerprint density at radius 2 is 2.09 bits per heavy atom. The van der Waals surface area contributed by atoms with Crippen LogP contribution in [-0.2, 0) is 17.7 Å². The maximum Gasteiger partial charge on any atom is 0.407 e. The van der Waals surface area contributed by atoms with Crippen LogP contribution in [0, 0.1) is 11.3 Å². The van der Waals surface area contributed by atoms with Gasteiger partial charge in [-0.15, -0.1) is 5.10 Å². The second kappa shape index (κ2) is 12.4. The number of hydrogen-bond acceptors (Lipinski definition) is 10. The van der Waals surface area contributed by atoms with Gasteiger partial charge in [0.25, 0.3) is 0 Å². The summed E-state index contributed by atoms with van der Waals surface area (Å²) < 4.78 is 18.0. The number of benzene rings is 2. The van der Waals surface area contributed by atoms with Crippen LogP contribution in [0.2, 0.25) is 0 Å². The number of nitriles is 1. The number of alkyl carbamates (subject to hydrolysis) is 1. The second-order valence-electron chi connectivity index (χ2n) is 11.2. The van der Waals surface area contributed by atoms with E-state index in [2.05, 4.69) is 31.8 Å². The summed E-state index contributed by atoms with van der Waals surface area (Å²) in [5, 5.41) is 20.5. The van der Waals surface area contributed by atoms with Crippen molar-refractivity contribution in [2.24, 2.45) is 0 Å². The third-order valence-corrected chi connectivity index (χ3v) is 6.83. The van der Waals surface area contributed by atoms with Crippen LogP contribution < -0.4 is 31.5 Å². The highest BCUT2D eigenvalue weighted by Gasteiger charge is 2.26. The van der Waals surface area contributed by atoms with Crippen molar-refractivity contribution in [3.63, 3.8) is 0 Å². The molecule has 0 saturated carbocycles. The summed E-state index contributed by atoms with van der Waals surface area (Å²) in [6.45, 7) is 5.97. The molecule has 0 bridgehead atoms. The number of carbonyl (C=O) groups excluding carboxylic acids is 1. The number of aryl methyl sites for hydroxylation is 1. The molecule has 1 unspecified atom stereocenters. The molecule has 0 aliphatic carbocycles. The predicted octanol–water partition coefficient (Wildman–Crippen LogP) is 3.97. The molecule has 0 fully saturated rings. The molecule has 0 saturated heterocycles. The standard InChI is InChI=1S/C31H34N8O5/c1-31(2,3)44-30(41)35-17-21-14-22(10-9-19(21)16-32)36-25(20-13-18-7-6-12-43-26(18)24(15-20)42-4)27-37-29(40)39(38-27)28-23(33)8-5-11-34-28/h5,8-11,13-15,25,36H,6-7,12,17,33H2,1-4H3,(H,35,41)(H,37,38,40). The number of aromatic amines is 1. The van der Waals surface area contributed by atoms with Crippen LogP contribution in [0.1, 0.15) is 61.3 Å². The molecule has 4 aromatic rings. The van der Waals surface area contributed by atoms with Crippen LogP contribution in [0.5, 0.6) is 11.5 Å². The van der Waals surface area contributed by atoms with Crippen LogP contribution in [0.3, 0.4) is 0 Å². The minimum Gasteiger partial charge on any atom is -0.493 e. The Labute approximate surface area is 254 Å². The number of carbonyl (C=O) groups is 1. The molecule has 1 aliphatic heterocycles. The first-order valence-corrected chi connectivity index (χ1v) is 14.1. The van der Waals surface area contributed by atoms with Crippen LogP contribution in [0.15, 0.2) is 53.5 Å². The van der Waals surface area contributed by atoms with Crippen molar-refractivity contribution in [3.8, 4) is 23.4 Å². The zero-order valence-corrected chi connectivity index (χ0v) is 24.9. The number of nitrogens with one attached hydrogen (secondary N) is 3. The van der Waals surface area contributed by atoms with Crippen molar-refractivity contribution in [2.45, 2.75) is 51.8 Å². The lowest BCUT2D eigenvalue weighted by Crippen LogP contribution is -2.32. The molecule has 2 aromatic carbocycles. The Morgan fingerprint density at radius 3 is 2.82 bits per heavy atom. The lowest BCUT2D eigenvalue weighted by molar-refractivity contribution is 0.0523. The van der Waals surface area contributed by atoms with E-state index in [-0.39, 0.29) is 18.2 Å². The summed E-state index contributed by atoms with van der Waals surface area (Å²) in [5.74, 6) is 1.73. The van der Waals surface area contributed by atoms with Gasteiger partial charge in [0.2, 0.25) is 0 Å². The molecule has 2 aromatic heterocycles. The number of fused-ring (bicyclic) bond motifs is 1. The number of nitrogens with two attached hydrogens (primary N) is 1. The van der Waals surface area contributed by atoms with E-state index < -0.39 is 23.4 Å². The van der Waals surface area contributed by atoms with Gasteiger partial charge in [-0.1, -0.05) is 0 Å². The number of rotatable bonds is 8. The lowest BCUT2D eigenvalue weighted by Gasteiger charge is -2.24. The maximum absolute atomic E-state index is 13.1. The minimum absolute atomic E-state index is 0.0619. The summed E-state index contributed by atoms with van der Waals surface area (Å²) in [7, 11) is 1.57. The van der Waals surface area contributed by atoms with Crippen molar-refractivity contribution in [3.05, 3.63) is 87.2 Å². The van der Waals surface area contributed by atoms with Gasteiger partial charge in [-0.05, 0) is 92.8 Å². The lowest BCUT2D eigenvalue weighted by atomic mass is 9.97. The number of nitrogen functional groups attached to an aromatic ring is 1. The molecule has 0 radical (unpaired) electrons. The normalized spacial score (nSPS) is 13.2. The van der Waals surface area contributed by atoms with E-state index in [9.17, 15) is 14.9 Å². The SMILES string of the molecule is COc1cc(C(Nc2ccc(C#N)c(CNC(=O)OC(C)(C)C)c2)c2nn(-c3ncccc3N)c(=O)[nH]2)cc2c1OCCC2. The summed E-state index contributed by atoms with van der Waals surface area (Å²) in [6, 6.07) is 13.8. The number of nitrogens with zero attached hydrogens (tertiary/aromatic N) is 4. The molecule has 5 N–H and O–H groups in total. The molecule has 1 atom stereocenters. The van der Waals surface area contributed by atoms with Gasteiger partial charge in [0, 0.05) is 18.4 Å². The monoisotopic (exact) mass is 598 g/mol. The first kappa shape index (κ1) is 30.0. The molecule has 228 valence electrons. The van der Waals surface area contributed by atoms with Gasteiger partial charge in [0.15, 0.2) is 23.1 Å². The Morgan fingerprint density at radius 1 is 1.27 bits per heavy atom. The molecular weight excluding hydrogens is 564 g/mol. The van der Waals surface area contributed by atoms with Crippen LogP contribution in [0.4, 0.5) is 16.2 Å². The van der Waals surface area contributed by atoms with Crippen molar-refractivity contribution >= 4 is 17.5 Å². The van der Waals surface area contributed by atoms with Gasteiger partial charge >= 0.3 is 11.8 Å². The molecule has 44 heavy (non-hydrogen) atoms. The van der Waals surface area contributed by atoms with Gasteiger partial charge in [-0.2, -0.15) is 9.94 Å². The average molecular weight is 599 g/mol. The highest BCUT2D eigenvalue weighted by molar-refractivity contribution is 5.68. The minimum atomic E-state index is -0.686. The van der Waals surface area contributed by atoms with Crippen molar-refractivity contribution in [1.82, 2.24) is 25.1 Å². The van der Waals surface area contributed by atoms with Gasteiger partial charge in [-0.25, -0.2) is 14.6 Å². The number of amides is 1. The zero-order valence-electron chi connectivity index (χ0n) is 24.9. The van der Waals surface area contributed by atoms with E-state index in [1.54, 1.807) is 58.2 Å². The molecular formula is C31H34N8O5. The van der Waals surface area contributed by atoms with Gasteiger partial charge in [0.1, 0.15) is 11.6 Å². The molecule has 3 heterocycles. The van der Waals surface area contributed by atoms with Crippen molar-refractivity contribution in [1.29, 1.82) is 5.26 Å². The first-order valence-electron chi connectivity index (χ1n) is 14.1. The Balaban J connectivity index is 1.55. The van der Waals surface area contributed by atoms with Gasteiger partial charge in [-0.3, -0.25) is 4.98 Å². The highest BCUT2D eigenvalue weighted by atomic mass is 16.6. The Hall–Kier alpha value is -5.51. The summed E-state index contributed by atoms with van der Waals surface area (Å²) in [4.78, 5) is 32.5. The predicted molar refractivity (Wildman–Crippen MR) is 163 cm³/mol. The van der Waals surface area contributed by atoms with Crippen molar-refractivity contribution in [2.75, 3.05) is 24.8 Å². The van der Waals surface area contributed by atoms with E-state index in [1.165, 1.54) is 6.20 Å². The van der Waals surface area contributed by atoms with E-state index in [0.717, 1.165) is 28.7 Å². The van der Waals surface area contributed by atoms with Gasteiger partial charge in [0.05, 0.1) is 31.0 Å². The topological polar surface area (TPSA) is 182 Å². The van der Waals surface area contributed by atoms with Crippen LogP contribution in [-0.4, -0.2) is 45.2 Å². The molecule has 0 spiro atoms. The number of pyridine rings is 1. The number of methoxy groups -OCH3 is 1. The largest absolute Gasteiger partial charge is 0.493 e. The quantitative estimate of drug-likeness (QED) is 0.232. The number of aromatic nitrogens is 4. The number of anilines is 2. The number of ether oxygens (including phenoxy) is 3. The molecule has 13 nitrogen and oxygen atoms in total. The summed E-state index contributed by atoms with van der Waals surface area (Å²) in [5.41, 5.74) is 8.48. The highest BCUT2D eigenvalue weighted by Crippen LogP contribution is 2.39. The third-order valence-electron chi connectivity index (χ3n) is 6.83. The molecule has 5 rings (SSSR count). The third kappa shape index (κ3) is 6.59. The Bertz CT molecular complexity index is 1770. The fraction of sp³-hybridized carbons (Fsp3) is 0.323. The number of H-pyrrole nitrogens is 1. The van der Waals surface area contributed by atoms with E-state index in [4.69, 9.17) is 19.9 Å². The van der Waals surface area contributed by atoms with Gasteiger partial charge < -0.3 is 30.6 Å². The van der Waals surface area contributed by atoms with E-state index >= 15 is 0 Å². The fourth-order valence-electron chi connectivity index (χ4n) is 4.89. The smallest absolute Gasteiger partial charge is 0.407 e. The van der Waals surface area contributed by atoms with Crippen molar-refractivity contribution < 1.29 is 19.0 Å².